The Morgan fingerprint density at radius 3 is 2.67 bits per heavy atom. The van der Waals surface area contributed by atoms with Gasteiger partial charge >= 0.3 is 5.97 Å². The van der Waals surface area contributed by atoms with Crippen LogP contribution in [0.4, 0.5) is 0 Å². The van der Waals surface area contributed by atoms with Crippen LogP contribution in [0.2, 0.25) is 0 Å². The first kappa shape index (κ1) is 11.5. The first-order valence-electron chi connectivity index (χ1n) is 4.49. The molecule has 0 aliphatic carbocycles. The molecule has 15 heavy (non-hydrogen) atoms. The van der Waals surface area contributed by atoms with Crippen molar-refractivity contribution < 1.29 is 9.90 Å². The Balaban J connectivity index is 3.48. The highest BCUT2D eigenvalue weighted by Crippen LogP contribution is 2.19. The standard InChI is InChI=1S/C11H10ClNO2/c1-2-9-8(6-13)3-7(5-12)4-10(9)11(14)15/h3-4H,2,5H2,1H3,(H,14,15). The molecule has 1 aromatic rings. The van der Waals surface area contributed by atoms with Crippen molar-refractivity contribution in [3.8, 4) is 6.07 Å². The summed E-state index contributed by atoms with van der Waals surface area (Å²) in [5, 5.41) is 17.9. The van der Waals surface area contributed by atoms with Crippen molar-refractivity contribution >= 4 is 17.6 Å². The Morgan fingerprint density at radius 2 is 2.27 bits per heavy atom. The van der Waals surface area contributed by atoms with E-state index in [4.69, 9.17) is 22.0 Å². The quantitative estimate of drug-likeness (QED) is 0.801. The monoisotopic (exact) mass is 223 g/mol. The van der Waals surface area contributed by atoms with E-state index in [2.05, 4.69) is 0 Å². The summed E-state index contributed by atoms with van der Waals surface area (Å²) in [4.78, 5) is 11.0. The molecule has 0 fully saturated rings. The average Bonchev–Trinajstić information content (AvgIpc) is 2.26. The van der Waals surface area contributed by atoms with Gasteiger partial charge in [-0.15, -0.1) is 11.6 Å². The van der Waals surface area contributed by atoms with Crippen molar-refractivity contribution in [1.29, 1.82) is 5.26 Å². The number of nitrogens with zero attached hydrogens (tertiary/aromatic N) is 1. The van der Waals surface area contributed by atoms with E-state index in [0.29, 0.717) is 23.1 Å². The van der Waals surface area contributed by atoms with Gasteiger partial charge in [0.15, 0.2) is 0 Å². The van der Waals surface area contributed by atoms with Crippen LogP contribution in [-0.4, -0.2) is 11.1 Å². The molecule has 0 heterocycles. The third-order valence-corrected chi connectivity index (χ3v) is 2.48. The van der Waals surface area contributed by atoms with E-state index in [9.17, 15) is 4.79 Å². The van der Waals surface area contributed by atoms with Crippen molar-refractivity contribution in [2.24, 2.45) is 0 Å². The number of benzene rings is 1. The maximum Gasteiger partial charge on any atom is 0.336 e. The molecule has 0 unspecified atom stereocenters. The Bertz CT molecular complexity index is 435. The molecule has 0 saturated carbocycles. The third kappa shape index (κ3) is 2.28. The number of carbonyl (C=O) groups is 1. The summed E-state index contributed by atoms with van der Waals surface area (Å²) >= 11 is 5.63. The van der Waals surface area contributed by atoms with Crippen LogP contribution in [0.5, 0.6) is 0 Å². The zero-order chi connectivity index (χ0) is 11.4. The van der Waals surface area contributed by atoms with Gasteiger partial charge < -0.3 is 5.11 Å². The summed E-state index contributed by atoms with van der Waals surface area (Å²) in [6.07, 6.45) is 0.521. The van der Waals surface area contributed by atoms with Crippen molar-refractivity contribution in [3.63, 3.8) is 0 Å². The maximum absolute atomic E-state index is 11.0. The van der Waals surface area contributed by atoms with Crippen molar-refractivity contribution in [1.82, 2.24) is 0 Å². The molecule has 4 heteroatoms. The van der Waals surface area contributed by atoms with Gasteiger partial charge in [-0.3, -0.25) is 0 Å². The molecule has 0 atom stereocenters. The van der Waals surface area contributed by atoms with Gasteiger partial charge in [-0.1, -0.05) is 6.92 Å². The fourth-order valence-electron chi connectivity index (χ4n) is 1.48. The number of carboxylic acids is 1. The molecule has 0 radical (unpaired) electrons. The predicted octanol–water partition coefficient (Wildman–Crippen LogP) is 2.56. The smallest absolute Gasteiger partial charge is 0.336 e. The molecule has 0 aromatic heterocycles. The van der Waals surface area contributed by atoms with Crippen LogP contribution in [0.15, 0.2) is 12.1 Å². The minimum atomic E-state index is -1.02. The lowest BCUT2D eigenvalue weighted by Crippen LogP contribution is -2.05. The normalized spacial score (nSPS) is 9.67. The van der Waals surface area contributed by atoms with Gasteiger partial charge in [0.05, 0.1) is 17.2 Å². The van der Waals surface area contributed by atoms with Crippen LogP contribution in [0.3, 0.4) is 0 Å². The number of rotatable bonds is 3. The summed E-state index contributed by atoms with van der Waals surface area (Å²) in [5.41, 5.74) is 1.79. The Morgan fingerprint density at radius 1 is 1.60 bits per heavy atom. The lowest BCUT2D eigenvalue weighted by Gasteiger charge is -2.07. The number of halogens is 1. The second-order valence-corrected chi connectivity index (χ2v) is 3.34. The van der Waals surface area contributed by atoms with Crippen LogP contribution in [0.1, 0.15) is 34.0 Å². The number of aromatic carboxylic acids is 1. The molecule has 1 rings (SSSR count). The summed E-state index contributed by atoms with van der Waals surface area (Å²) in [7, 11) is 0. The first-order valence-corrected chi connectivity index (χ1v) is 5.02. The van der Waals surface area contributed by atoms with E-state index in [1.807, 2.05) is 13.0 Å². The third-order valence-electron chi connectivity index (χ3n) is 2.17. The van der Waals surface area contributed by atoms with E-state index >= 15 is 0 Å². The van der Waals surface area contributed by atoms with E-state index in [0.717, 1.165) is 0 Å². The average molecular weight is 224 g/mol. The highest BCUT2D eigenvalue weighted by atomic mass is 35.5. The number of nitriles is 1. The predicted molar refractivity (Wildman–Crippen MR) is 57.1 cm³/mol. The number of hydrogen-bond acceptors (Lipinski definition) is 2. The molecular weight excluding hydrogens is 214 g/mol. The second kappa shape index (κ2) is 4.81. The summed E-state index contributed by atoms with van der Waals surface area (Å²) < 4.78 is 0. The van der Waals surface area contributed by atoms with Crippen molar-refractivity contribution in [2.75, 3.05) is 0 Å². The highest BCUT2D eigenvalue weighted by Gasteiger charge is 2.14. The zero-order valence-corrected chi connectivity index (χ0v) is 9.01. The lowest BCUT2D eigenvalue weighted by atomic mass is 9.97. The van der Waals surface area contributed by atoms with E-state index in [-0.39, 0.29) is 11.4 Å². The Kier molecular flexibility index (Phi) is 3.70. The van der Waals surface area contributed by atoms with Gasteiger partial charge in [0, 0.05) is 5.88 Å². The van der Waals surface area contributed by atoms with Crippen molar-refractivity contribution in [3.05, 3.63) is 34.4 Å². The van der Waals surface area contributed by atoms with E-state index < -0.39 is 5.97 Å². The van der Waals surface area contributed by atoms with Gasteiger partial charge in [0.1, 0.15) is 0 Å². The fraction of sp³-hybridized carbons (Fsp3) is 0.273. The molecule has 0 spiro atoms. The van der Waals surface area contributed by atoms with Crippen LogP contribution in [-0.2, 0) is 12.3 Å². The topological polar surface area (TPSA) is 61.1 Å². The summed E-state index contributed by atoms with van der Waals surface area (Å²) in [6.45, 7) is 1.82. The molecule has 3 nitrogen and oxygen atoms in total. The Labute approximate surface area is 92.9 Å². The van der Waals surface area contributed by atoms with Gasteiger partial charge in [0.2, 0.25) is 0 Å². The highest BCUT2D eigenvalue weighted by molar-refractivity contribution is 6.17. The molecule has 78 valence electrons. The minimum Gasteiger partial charge on any atom is -0.478 e. The van der Waals surface area contributed by atoms with Gasteiger partial charge in [-0.2, -0.15) is 5.26 Å². The van der Waals surface area contributed by atoms with Crippen LogP contribution >= 0.6 is 11.6 Å². The largest absolute Gasteiger partial charge is 0.478 e. The van der Waals surface area contributed by atoms with Gasteiger partial charge in [0.25, 0.3) is 0 Å². The second-order valence-electron chi connectivity index (χ2n) is 3.07. The molecule has 0 aliphatic heterocycles. The fourth-order valence-corrected chi connectivity index (χ4v) is 1.63. The van der Waals surface area contributed by atoms with Gasteiger partial charge in [-0.25, -0.2) is 4.79 Å². The minimum absolute atomic E-state index is 0.173. The molecule has 0 bridgehead atoms. The molecular formula is C11H10ClNO2. The van der Waals surface area contributed by atoms with Crippen LogP contribution in [0, 0.1) is 11.3 Å². The maximum atomic E-state index is 11.0. The summed E-state index contributed by atoms with van der Waals surface area (Å²) in [6, 6.07) is 5.15. The number of carboxylic acid groups (broad SMARTS) is 1. The lowest BCUT2D eigenvalue weighted by molar-refractivity contribution is 0.0695. The number of alkyl halides is 1. The molecule has 0 aliphatic rings. The summed E-state index contributed by atoms with van der Waals surface area (Å²) in [5.74, 6) is -0.811. The van der Waals surface area contributed by atoms with Gasteiger partial charge in [-0.05, 0) is 29.7 Å². The SMILES string of the molecule is CCc1c(C#N)cc(CCl)cc1C(=O)O. The van der Waals surface area contributed by atoms with E-state index in [1.165, 1.54) is 6.07 Å². The van der Waals surface area contributed by atoms with E-state index in [1.54, 1.807) is 6.07 Å². The van der Waals surface area contributed by atoms with Crippen LogP contribution in [0.25, 0.3) is 0 Å². The number of hydrogen-bond donors (Lipinski definition) is 1. The zero-order valence-electron chi connectivity index (χ0n) is 8.25. The van der Waals surface area contributed by atoms with Crippen molar-refractivity contribution in [2.45, 2.75) is 19.2 Å². The first-order chi connectivity index (χ1) is 7.13. The molecule has 0 saturated heterocycles. The molecule has 0 amide bonds. The Hall–Kier alpha value is -1.53. The molecule has 1 aromatic carbocycles. The van der Waals surface area contributed by atoms with Crippen LogP contribution < -0.4 is 0 Å². The molecule has 1 N–H and O–H groups in total.